The first-order valence-electron chi connectivity index (χ1n) is 5.05. The zero-order valence-electron chi connectivity index (χ0n) is 9.75. The van der Waals surface area contributed by atoms with Crippen LogP contribution in [0, 0.1) is 0 Å². The van der Waals surface area contributed by atoms with Gasteiger partial charge < -0.3 is 15.3 Å². The van der Waals surface area contributed by atoms with Gasteiger partial charge in [0.15, 0.2) is 5.69 Å². The Balaban J connectivity index is 2.26. The van der Waals surface area contributed by atoms with E-state index in [-0.39, 0.29) is 18.1 Å². The van der Waals surface area contributed by atoms with Crippen LogP contribution in [0.2, 0.25) is 0 Å². The maximum absolute atomic E-state index is 11.2. The lowest BCUT2D eigenvalue weighted by Crippen LogP contribution is -2.34. The predicted octanol–water partition coefficient (Wildman–Crippen LogP) is -1.35. The van der Waals surface area contributed by atoms with Crippen LogP contribution in [-0.2, 0) is 11.3 Å². The van der Waals surface area contributed by atoms with Crippen molar-refractivity contribution in [1.82, 2.24) is 25.2 Å². The first-order chi connectivity index (χ1) is 8.00. The molecule has 0 aliphatic carbocycles. The van der Waals surface area contributed by atoms with Gasteiger partial charge in [-0.25, -0.2) is 4.79 Å². The number of hydrogen-bond acceptors (Lipinski definition) is 5. The van der Waals surface area contributed by atoms with Crippen LogP contribution in [0.5, 0.6) is 0 Å². The molecule has 1 aromatic rings. The molecule has 2 N–H and O–H groups in total. The van der Waals surface area contributed by atoms with E-state index in [9.17, 15) is 9.59 Å². The number of nitrogens with one attached hydrogen (secondary N) is 1. The molecular weight excluding hydrogens is 226 g/mol. The molecule has 1 rings (SSSR count). The second kappa shape index (κ2) is 5.94. The molecule has 0 unspecified atom stereocenters. The largest absolute Gasteiger partial charge is 0.476 e. The standard InChI is InChI=1S/C9H15N5O3/c1-13(2)8(15)5-10-3-4-14-6-7(9(16)17)11-12-14/h6,10H,3-5H2,1-2H3,(H,16,17). The summed E-state index contributed by atoms with van der Waals surface area (Å²) in [6.07, 6.45) is 1.35. The Morgan fingerprint density at radius 3 is 2.76 bits per heavy atom. The second-order valence-corrected chi connectivity index (χ2v) is 3.64. The number of aromatic nitrogens is 3. The number of carboxylic acids is 1. The van der Waals surface area contributed by atoms with Gasteiger partial charge in [0, 0.05) is 20.6 Å². The summed E-state index contributed by atoms with van der Waals surface area (Å²) in [6, 6.07) is 0. The number of likely N-dealkylation sites (N-methyl/N-ethyl adjacent to an activating group) is 1. The van der Waals surface area contributed by atoms with Gasteiger partial charge in [-0.05, 0) is 0 Å². The van der Waals surface area contributed by atoms with E-state index >= 15 is 0 Å². The van der Waals surface area contributed by atoms with E-state index in [1.54, 1.807) is 14.1 Å². The molecule has 94 valence electrons. The van der Waals surface area contributed by atoms with Gasteiger partial charge >= 0.3 is 5.97 Å². The number of carbonyl (C=O) groups excluding carboxylic acids is 1. The number of nitrogens with zero attached hydrogens (tertiary/aromatic N) is 4. The molecule has 0 bridgehead atoms. The Bertz CT molecular complexity index is 401. The molecule has 0 aliphatic rings. The van der Waals surface area contributed by atoms with E-state index < -0.39 is 5.97 Å². The maximum atomic E-state index is 11.2. The molecule has 0 saturated carbocycles. The Labute approximate surface area is 98.2 Å². The van der Waals surface area contributed by atoms with E-state index in [0.29, 0.717) is 13.1 Å². The summed E-state index contributed by atoms with van der Waals surface area (Å²) in [5, 5.41) is 18.7. The fourth-order valence-electron chi connectivity index (χ4n) is 1.05. The number of rotatable bonds is 6. The highest BCUT2D eigenvalue weighted by Gasteiger charge is 2.07. The Kier molecular flexibility index (Phi) is 4.58. The molecule has 0 aliphatic heterocycles. The van der Waals surface area contributed by atoms with Gasteiger partial charge in [0.25, 0.3) is 0 Å². The van der Waals surface area contributed by atoms with Gasteiger partial charge in [0.1, 0.15) is 0 Å². The van der Waals surface area contributed by atoms with Crippen molar-refractivity contribution in [1.29, 1.82) is 0 Å². The van der Waals surface area contributed by atoms with Crippen molar-refractivity contribution in [2.24, 2.45) is 0 Å². The number of aromatic carboxylic acids is 1. The van der Waals surface area contributed by atoms with Crippen molar-refractivity contribution in [3.05, 3.63) is 11.9 Å². The van der Waals surface area contributed by atoms with Crippen molar-refractivity contribution in [2.75, 3.05) is 27.2 Å². The Morgan fingerprint density at radius 1 is 1.53 bits per heavy atom. The molecule has 1 aromatic heterocycles. The summed E-state index contributed by atoms with van der Waals surface area (Å²) >= 11 is 0. The highest BCUT2D eigenvalue weighted by atomic mass is 16.4. The highest BCUT2D eigenvalue weighted by Crippen LogP contribution is 1.91. The third kappa shape index (κ3) is 4.19. The highest BCUT2D eigenvalue weighted by molar-refractivity contribution is 5.84. The minimum atomic E-state index is -1.10. The lowest BCUT2D eigenvalue weighted by atomic mass is 10.5. The van der Waals surface area contributed by atoms with Crippen LogP contribution in [0.4, 0.5) is 0 Å². The van der Waals surface area contributed by atoms with Crippen molar-refractivity contribution in [3.8, 4) is 0 Å². The van der Waals surface area contributed by atoms with E-state index in [1.807, 2.05) is 0 Å². The molecule has 8 nitrogen and oxygen atoms in total. The van der Waals surface area contributed by atoms with Crippen LogP contribution in [-0.4, -0.2) is 64.1 Å². The van der Waals surface area contributed by atoms with Crippen LogP contribution in [0.15, 0.2) is 6.20 Å². The predicted molar refractivity (Wildman–Crippen MR) is 58.5 cm³/mol. The maximum Gasteiger partial charge on any atom is 0.358 e. The first kappa shape index (κ1) is 13.1. The third-order valence-corrected chi connectivity index (χ3v) is 2.05. The van der Waals surface area contributed by atoms with Gasteiger partial charge in [-0.2, -0.15) is 0 Å². The molecule has 1 heterocycles. The van der Waals surface area contributed by atoms with Gasteiger partial charge in [-0.1, -0.05) is 5.21 Å². The third-order valence-electron chi connectivity index (χ3n) is 2.05. The minimum absolute atomic E-state index is 0.0187. The van der Waals surface area contributed by atoms with Crippen molar-refractivity contribution in [2.45, 2.75) is 6.54 Å². The zero-order chi connectivity index (χ0) is 12.8. The average Bonchev–Trinajstić information content (AvgIpc) is 2.72. The van der Waals surface area contributed by atoms with Crippen LogP contribution >= 0.6 is 0 Å². The fraction of sp³-hybridized carbons (Fsp3) is 0.556. The zero-order valence-corrected chi connectivity index (χ0v) is 9.75. The summed E-state index contributed by atoms with van der Waals surface area (Å²) in [5.41, 5.74) is -0.0885. The van der Waals surface area contributed by atoms with Crippen molar-refractivity contribution < 1.29 is 14.7 Å². The summed E-state index contributed by atoms with van der Waals surface area (Å²) in [4.78, 5) is 23.2. The first-order valence-corrected chi connectivity index (χ1v) is 5.05. The summed E-state index contributed by atoms with van der Waals surface area (Å²) in [6.45, 7) is 1.22. The van der Waals surface area contributed by atoms with Crippen LogP contribution in [0.3, 0.4) is 0 Å². The monoisotopic (exact) mass is 241 g/mol. The molecular formula is C9H15N5O3. The van der Waals surface area contributed by atoms with E-state index in [2.05, 4.69) is 15.6 Å². The summed E-state index contributed by atoms with van der Waals surface area (Å²) in [7, 11) is 3.36. The van der Waals surface area contributed by atoms with Gasteiger partial charge in [-0.3, -0.25) is 9.48 Å². The molecule has 0 fully saturated rings. The normalized spacial score (nSPS) is 10.2. The average molecular weight is 241 g/mol. The SMILES string of the molecule is CN(C)C(=O)CNCCn1cc(C(=O)O)nn1. The number of amides is 1. The molecule has 0 spiro atoms. The van der Waals surface area contributed by atoms with E-state index in [1.165, 1.54) is 15.8 Å². The molecule has 17 heavy (non-hydrogen) atoms. The van der Waals surface area contributed by atoms with E-state index in [4.69, 9.17) is 5.11 Å². The minimum Gasteiger partial charge on any atom is -0.476 e. The molecule has 0 radical (unpaired) electrons. The number of carbonyl (C=O) groups is 2. The van der Waals surface area contributed by atoms with Crippen molar-refractivity contribution >= 4 is 11.9 Å². The van der Waals surface area contributed by atoms with E-state index in [0.717, 1.165) is 0 Å². The molecule has 1 amide bonds. The van der Waals surface area contributed by atoms with Crippen LogP contribution in [0.1, 0.15) is 10.5 Å². The number of carboxylic acid groups (broad SMARTS) is 1. The molecule has 0 aromatic carbocycles. The molecule has 0 atom stereocenters. The second-order valence-electron chi connectivity index (χ2n) is 3.64. The van der Waals surface area contributed by atoms with Gasteiger partial charge in [-0.15, -0.1) is 5.10 Å². The smallest absolute Gasteiger partial charge is 0.358 e. The summed E-state index contributed by atoms with van der Waals surface area (Å²) < 4.78 is 1.41. The number of hydrogen-bond donors (Lipinski definition) is 2. The molecule has 8 heteroatoms. The topological polar surface area (TPSA) is 100 Å². The fourth-order valence-corrected chi connectivity index (χ4v) is 1.05. The van der Waals surface area contributed by atoms with Crippen LogP contribution in [0.25, 0.3) is 0 Å². The Hall–Kier alpha value is -1.96. The lowest BCUT2D eigenvalue weighted by Gasteiger charge is -2.10. The van der Waals surface area contributed by atoms with Crippen LogP contribution < -0.4 is 5.32 Å². The Morgan fingerprint density at radius 2 is 2.24 bits per heavy atom. The van der Waals surface area contributed by atoms with Gasteiger partial charge in [0.2, 0.25) is 5.91 Å². The van der Waals surface area contributed by atoms with Crippen molar-refractivity contribution in [3.63, 3.8) is 0 Å². The molecule has 0 saturated heterocycles. The lowest BCUT2D eigenvalue weighted by molar-refractivity contribution is -0.127. The summed E-state index contributed by atoms with van der Waals surface area (Å²) in [5.74, 6) is -1.12. The van der Waals surface area contributed by atoms with Gasteiger partial charge in [0.05, 0.1) is 19.3 Å². The quantitative estimate of drug-likeness (QED) is 0.597.